The Balaban J connectivity index is 1.29. The Bertz CT molecular complexity index is 1600. The van der Waals surface area contributed by atoms with Crippen molar-refractivity contribution < 1.29 is 23.7 Å². The van der Waals surface area contributed by atoms with E-state index in [2.05, 4.69) is 72.8 Å². The highest BCUT2D eigenvalue weighted by molar-refractivity contribution is 5.89. The minimum Gasteiger partial charge on any atom is -0.491 e. The lowest BCUT2D eigenvalue weighted by Crippen LogP contribution is -2.28. The Morgan fingerprint density at radius 2 is 1.02 bits per heavy atom. The quantitative estimate of drug-likeness (QED) is 0.124. The fourth-order valence-electron chi connectivity index (χ4n) is 5.82. The third-order valence-corrected chi connectivity index (χ3v) is 7.68. The lowest BCUT2D eigenvalue weighted by molar-refractivity contribution is 0.0450. The van der Waals surface area contributed by atoms with E-state index in [9.17, 15) is 4.79 Å². The van der Waals surface area contributed by atoms with Gasteiger partial charge in [-0.25, -0.2) is 4.79 Å². The number of benzene rings is 5. The van der Waals surface area contributed by atoms with E-state index in [0.717, 1.165) is 16.9 Å². The smallest absolute Gasteiger partial charge is 0.338 e. The van der Waals surface area contributed by atoms with Gasteiger partial charge in [0.2, 0.25) is 0 Å². The van der Waals surface area contributed by atoms with Crippen molar-refractivity contribution in [1.82, 2.24) is 0 Å². The van der Waals surface area contributed by atoms with Crippen molar-refractivity contribution >= 4 is 5.97 Å². The molecule has 0 atom stereocenters. The van der Waals surface area contributed by atoms with Gasteiger partial charge >= 0.3 is 5.97 Å². The normalized spacial score (nSPS) is 12.7. The fourth-order valence-corrected chi connectivity index (χ4v) is 5.82. The van der Waals surface area contributed by atoms with Crippen LogP contribution in [0.15, 0.2) is 127 Å². The van der Waals surface area contributed by atoms with Crippen LogP contribution in [0.3, 0.4) is 0 Å². The molecule has 0 aromatic heterocycles. The predicted molar refractivity (Wildman–Crippen MR) is 163 cm³/mol. The van der Waals surface area contributed by atoms with E-state index in [-0.39, 0.29) is 19.2 Å². The number of esters is 1. The van der Waals surface area contributed by atoms with Gasteiger partial charge in [0.05, 0.1) is 17.6 Å². The van der Waals surface area contributed by atoms with E-state index >= 15 is 0 Å². The van der Waals surface area contributed by atoms with Gasteiger partial charge in [-0.3, -0.25) is 0 Å². The Morgan fingerprint density at radius 3 is 1.55 bits per heavy atom. The van der Waals surface area contributed by atoms with Gasteiger partial charge in [-0.1, -0.05) is 91.0 Å². The maximum Gasteiger partial charge on any atom is 0.338 e. The molecule has 210 valence electrons. The summed E-state index contributed by atoms with van der Waals surface area (Å²) in [7, 11) is 1.67. The third-order valence-electron chi connectivity index (χ3n) is 7.68. The first-order valence-corrected chi connectivity index (χ1v) is 14.1. The van der Waals surface area contributed by atoms with Gasteiger partial charge in [0.15, 0.2) is 0 Å². The lowest BCUT2D eigenvalue weighted by Gasteiger charge is -2.34. The summed E-state index contributed by atoms with van der Waals surface area (Å²) in [5.74, 6) is 1.17. The van der Waals surface area contributed by atoms with Crippen LogP contribution >= 0.6 is 0 Å². The summed E-state index contributed by atoms with van der Waals surface area (Å²) >= 11 is 0. The first-order chi connectivity index (χ1) is 20.7. The van der Waals surface area contributed by atoms with Crippen molar-refractivity contribution in [2.24, 2.45) is 0 Å². The molecule has 1 aliphatic carbocycles. The molecule has 5 aromatic carbocycles. The van der Waals surface area contributed by atoms with Crippen LogP contribution in [-0.4, -0.2) is 39.5 Å². The van der Waals surface area contributed by atoms with Crippen LogP contribution in [0.25, 0.3) is 11.1 Å². The van der Waals surface area contributed by atoms with Crippen LogP contribution in [0, 0.1) is 0 Å². The monoisotopic (exact) mass is 556 g/mol. The standard InChI is InChI=1S/C37H32O5/c1-39-23-24-40-30-19-15-28(16-20-30)37(34-13-7-5-11-32(34)33-12-6-8-14-35(33)37)29-17-21-31(22-18-29)41-25-26-42-36(38)27-9-3-2-4-10-27/h2-22H,23-26H2,1H3. The topological polar surface area (TPSA) is 54.0 Å². The molecule has 0 radical (unpaired) electrons. The average Bonchev–Trinajstić information content (AvgIpc) is 3.35. The Kier molecular flexibility index (Phi) is 8.02. The Morgan fingerprint density at radius 1 is 0.548 bits per heavy atom. The van der Waals surface area contributed by atoms with Gasteiger partial charge < -0.3 is 18.9 Å². The van der Waals surface area contributed by atoms with E-state index in [4.69, 9.17) is 18.9 Å². The van der Waals surface area contributed by atoms with Crippen LogP contribution in [-0.2, 0) is 14.9 Å². The highest BCUT2D eigenvalue weighted by Gasteiger charge is 2.45. The average molecular weight is 557 g/mol. The van der Waals surface area contributed by atoms with Crippen molar-refractivity contribution in [2.45, 2.75) is 5.41 Å². The number of carbonyl (C=O) groups excluding carboxylic acids is 1. The SMILES string of the molecule is COCCOc1ccc(C2(c3ccc(OCCOC(=O)c4ccccc4)cc3)c3ccccc3-c3ccccc32)cc1. The summed E-state index contributed by atoms with van der Waals surface area (Å²) in [6.45, 7) is 1.47. The van der Waals surface area contributed by atoms with Crippen molar-refractivity contribution in [2.75, 3.05) is 33.5 Å². The number of carbonyl (C=O) groups is 1. The van der Waals surface area contributed by atoms with Gasteiger partial charge in [0, 0.05) is 7.11 Å². The summed E-state index contributed by atoms with van der Waals surface area (Å²) in [5.41, 5.74) is 7.24. The highest BCUT2D eigenvalue weighted by atomic mass is 16.6. The van der Waals surface area contributed by atoms with Gasteiger partial charge in [0.25, 0.3) is 0 Å². The fraction of sp³-hybridized carbons (Fsp3) is 0.162. The molecule has 0 unspecified atom stereocenters. The highest BCUT2D eigenvalue weighted by Crippen LogP contribution is 2.56. The summed E-state index contributed by atoms with van der Waals surface area (Å²) in [6, 6.07) is 42.8. The second kappa shape index (κ2) is 12.3. The molecule has 0 fully saturated rings. The second-order valence-electron chi connectivity index (χ2n) is 10.1. The zero-order valence-corrected chi connectivity index (χ0v) is 23.5. The van der Waals surface area contributed by atoms with E-state index < -0.39 is 5.41 Å². The summed E-state index contributed by atoms with van der Waals surface area (Å²) in [4.78, 5) is 12.2. The largest absolute Gasteiger partial charge is 0.491 e. The molecule has 5 nitrogen and oxygen atoms in total. The van der Waals surface area contributed by atoms with Crippen LogP contribution in [0.2, 0.25) is 0 Å². The Hall–Kier alpha value is -4.87. The molecule has 0 bridgehead atoms. The van der Waals surface area contributed by atoms with Crippen molar-refractivity contribution in [3.63, 3.8) is 0 Å². The van der Waals surface area contributed by atoms with Crippen molar-refractivity contribution in [1.29, 1.82) is 0 Å². The van der Waals surface area contributed by atoms with Gasteiger partial charge in [-0.2, -0.15) is 0 Å². The van der Waals surface area contributed by atoms with Crippen LogP contribution < -0.4 is 9.47 Å². The molecule has 0 heterocycles. The number of fused-ring (bicyclic) bond motifs is 3. The first-order valence-electron chi connectivity index (χ1n) is 14.1. The maximum atomic E-state index is 12.2. The molecule has 42 heavy (non-hydrogen) atoms. The van der Waals surface area contributed by atoms with E-state index in [0.29, 0.717) is 24.5 Å². The first kappa shape index (κ1) is 27.3. The van der Waals surface area contributed by atoms with E-state index in [1.54, 1.807) is 19.2 Å². The summed E-state index contributed by atoms with van der Waals surface area (Å²) in [5, 5.41) is 0. The molecule has 1 aliphatic rings. The summed E-state index contributed by atoms with van der Waals surface area (Å²) < 4.78 is 22.3. The van der Waals surface area contributed by atoms with Crippen molar-refractivity contribution in [3.8, 4) is 22.6 Å². The molecular weight excluding hydrogens is 524 g/mol. The molecule has 0 amide bonds. The summed E-state index contributed by atoms with van der Waals surface area (Å²) in [6.07, 6.45) is 0. The van der Waals surface area contributed by atoms with Gasteiger partial charge in [0.1, 0.15) is 31.3 Å². The molecule has 5 aromatic rings. The van der Waals surface area contributed by atoms with Crippen LogP contribution in [0.5, 0.6) is 11.5 Å². The lowest BCUT2D eigenvalue weighted by atomic mass is 9.68. The van der Waals surface area contributed by atoms with E-state index in [1.807, 2.05) is 42.5 Å². The maximum absolute atomic E-state index is 12.2. The number of hydrogen-bond acceptors (Lipinski definition) is 5. The predicted octanol–water partition coefficient (Wildman–Crippen LogP) is 7.31. The molecule has 0 aliphatic heterocycles. The van der Waals surface area contributed by atoms with Gasteiger partial charge in [-0.05, 0) is 69.8 Å². The van der Waals surface area contributed by atoms with Crippen molar-refractivity contribution in [3.05, 3.63) is 155 Å². The minimum absolute atomic E-state index is 0.166. The number of ether oxygens (including phenoxy) is 4. The molecule has 6 rings (SSSR count). The Labute approximate surface area is 246 Å². The minimum atomic E-state index is -0.512. The number of hydrogen-bond donors (Lipinski definition) is 0. The number of methoxy groups -OCH3 is 1. The second-order valence-corrected chi connectivity index (χ2v) is 10.1. The van der Waals surface area contributed by atoms with E-state index in [1.165, 1.54) is 22.3 Å². The van der Waals surface area contributed by atoms with Crippen LogP contribution in [0.1, 0.15) is 32.6 Å². The van der Waals surface area contributed by atoms with Crippen LogP contribution in [0.4, 0.5) is 0 Å². The molecule has 0 spiro atoms. The third kappa shape index (κ3) is 5.15. The number of rotatable bonds is 11. The molecular formula is C37H32O5. The molecule has 0 N–H and O–H groups in total. The molecule has 0 saturated heterocycles. The molecule has 0 saturated carbocycles. The molecule has 5 heteroatoms. The van der Waals surface area contributed by atoms with Gasteiger partial charge in [-0.15, -0.1) is 0 Å². The zero-order chi connectivity index (χ0) is 28.8. The zero-order valence-electron chi connectivity index (χ0n) is 23.5.